The van der Waals surface area contributed by atoms with Gasteiger partial charge in [0.2, 0.25) is 11.8 Å². The van der Waals surface area contributed by atoms with E-state index in [1.54, 1.807) is 24.4 Å². The highest BCUT2D eigenvalue weighted by Crippen LogP contribution is 2.34. The average Bonchev–Trinajstić information content (AvgIpc) is 3.65. The van der Waals surface area contributed by atoms with Crippen LogP contribution in [-0.4, -0.2) is 91.0 Å². The minimum atomic E-state index is -0.842. The number of hydrogen-bond acceptors (Lipinski definition) is 10. The fourth-order valence-electron chi connectivity index (χ4n) is 8.39. The zero-order valence-corrected chi connectivity index (χ0v) is 33.0. The van der Waals surface area contributed by atoms with Gasteiger partial charge in [-0.1, -0.05) is 24.6 Å². The molecule has 7 heterocycles. The van der Waals surface area contributed by atoms with Crippen molar-refractivity contribution >= 4 is 39.5 Å². The van der Waals surface area contributed by atoms with Gasteiger partial charge in [0.05, 0.1) is 22.8 Å². The number of hydrogen-bond donors (Lipinski definition) is 1. The lowest BCUT2D eigenvalue weighted by atomic mass is 9.92. The first kappa shape index (κ1) is 37.2. The van der Waals surface area contributed by atoms with Crippen LogP contribution in [0.25, 0.3) is 32.9 Å². The van der Waals surface area contributed by atoms with Crippen LogP contribution in [0.15, 0.2) is 104 Å². The average molecular weight is 800 g/mol. The molecule has 10 rings (SSSR count). The van der Waals surface area contributed by atoms with E-state index in [2.05, 4.69) is 79.5 Å². The molecule has 1 N–H and O–H groups in total. The zero-order valence-electron chi connectivity index (χ0n) is 33.0. The summed E-state index contributed by atoms with van der Waals surface area (Å²) < 4.78 is 20.6. The molecule has 4 aromatic heterocycles. The Morgan fingerprint density at radius 1 is 0.783 bits per heavy atom. The molecule has 3 fully saturated rings. The monoisotopic (exact) mass is 799 g/mol. The van der Waals surface area contributed by atoms with Gasteiger partial charge < -0.3 is 24.1 Å². The maximum absolute atomic E-state index is 13.2. The number of likely N-dealkylation sites (tertiary alicyclic amines) is 1. The fourth-order valence-corrected chi connectivity index (χ4v) is 8.39. The first-order valence-corrected chi connectivity index (χ1v) is 20.2. The number of aryl methyl sites for hydroxylation is 1. The second-order valence-corrected chi connectivity index (χ2v) is 15.8. The maximum atomic E-state index is 13.2. The van der Waals surface area contributed by atoms with E-state index in [9.17, 15) is 14.4 Å². The number of aromatic nitrogens is 4. The Bertz CT molecular complexity index is 2760. The standard InChI is InChI=1S/C47H41N7O6/c1-28-6-14-42(45(55)51-28)54-46(56)38-13-11-32(22-39(38)47(54)57)58-36-26-53(27-36)18-4-3-5-31-9-10-33(24-49-31)59-34-20-35(21-34)60-44-15-8-30(23-50-44)29-7-12-37-40-25-48-17-16-41(40)52(2)43(37)19-29/h7-13,15-17,19,22-25,34-36,42H,1,4,6,14,18,20-21,26-27H2,2H3,(H,51,55). The van der Waals surface area contributed by atoms with E-state index < -0.39 is 17.9 Å². The molecule has 1 atom stereocenters. The number of nitrogens with one attached hydrogen (secondary N) is 1. The van der Waals surface area contributed by atoms with E-state index in [0.717, 1.165) is 64.9 Å². The molecule has 0 bridgehead atoms. The minimum absolute atomic E-state index is 0.0357. The molecule has 0 spiro atoms. The molecular formula is C47H41N7O6. The van der Waals surface area contributed by atoms with E-state index in [4.69, 9.17) is 14.2 Å². The lowest BCUT2D eigenvalue weighted by Crippen LogP contribution is -2.53. The van der Waals surface area contributed by atoms with Gasteiger partial charge in [0.15, 0.2) is 0 Å². The molecule has 13 nitrogen and oxygen atoms in total. The molecule has 0 radical (unpaired) electrons. The van der Waals surface area contributed by atoms with Crippen LogP contribution in [0.5, 0.6) is 17.4 Å². The van der Waals surface area contributed by atoms with Crippen molar-refractivity contribution in [3.05, 3.63) is 121 Å². The normalized spacial score (nSPS) is 20.3. The number of piperidine rings is 1. The summed E-state index contributed by atoms with van der Waals surface area (Å²) in [5, 5.41) is 4.98. The smallest absolute Gasteiger partial charge is 0.262 e. The number of carbonyl (C=O) groups is 3. The summed E-state index contributed by atoms with van der Waals surface area (Å²) in [5.74, 6) is 6.86. The first-order chi connectivity index (χ1) is 29.2. The van der Waals surface area contributed by atoms with Gasteiger partial charge in [0.1, 0.15) is 41.5 Å². The third kappa shape index (κ3) is 7.09. The molecular weight excluding hydrogens is 759 g/mol. The first-order valence-electron chi connectivity index (χ1n) is 20.2. The molecule has 6 aromatic rings. The van der Waals surface area contributed by atoms with Crippen molar-refractivity contribution in [2.75, 3.05) is 19.6 Å². The Labute approximate surface area is 346 Å². The Balaban J connectivity index is 0.638. The molecule has 4 aliphatic rings. The van der Waals surface area contributed by atoms with E-state index >= 15 is 0 Å². The van der Waals surface area contributed by atoms with Crippen molar-refractivity contribution < 1.29 is 28.6 Å². The topological polar surface area (TPSA) is 141 Å². The fraction of sp³-hybridized carbons (Fsp3) is 0.277. The highest BCUT2D eigenvalue weighted by Gasteiger charge is 2.44. The van der Waals surface area contributed by atoms with Crippen LogP contribution in [0.2, 0.25) is 0 Å². The Morgan fingerprint density at radius 3 is 2.38 bits per heavy atom. The molecule has 300 valence electrons. The van der Waals surface area contributed by atoms with Crippen molar-refractivity contribution in [2.45, 2.75) is 56.5 Å². The Morgan fingerprint density at radius 2 is 1.58 bits per heavy atom. The number of ether oxygens (including phenoxy) is 3. The molecule has 1 aliphatic carbocycles. The third-order valence-electron chi connectivity index (χ3n) is 11.8. The van der Waals surface area contributed by atoms with Gasteiger partial charge in [-0.3, -0.25) is 29.2 Å². The number of carbonyl (C=O) groups excluding carboxylic acids is 3. The molecule has 1 saturated carbocycles. The van der Waals surface area contributed by atoms with Gasteiger partial charge in [0.25, 0.3) is 11.8 Å². The maximum Gasteiger partial charge on any atom is 0.262 e. The summed E-state index contributed by atoms with van der Waals surface area (Å²) in [6.07, 6.45) is 10.5. The van der Waals surface area contributed by atoms with Crippen LogP contribution < -0.4 is 19.5 Å². The van der Waals surface area contributed by atoms with Gasteiger partial charge in [-0.25, -0.2) is 9.97 Å². The molecule has 2 saturated heterocycles. The molecule has 60 heavy (non-hydrogen) atoms. The quantitative estimate of drug-likeness (QED) is 0.128. The zero-order chi connectivity index (χ0) is 40.9. The highest BCUT2D eigenvalue weighted by atomic mass is 16.5. The van der Waals surface area contributed by atoms with E-state index in [0.29, 0.717) is 48.0 Å². The summed E-state index contributed by atoms with van der Waals surface area (Å²) >= 11 is 0. The van der Waals surface area contributed by atoms with Crippen LogP contribution in [0.1, 0.15) is 58.5 Å². The van der Waals surface area contributed by atoms with E-state index in [1.165, 1.54) is 5.39 Å². The van der Waals surface area contributed by atoms with Gasteiger partial charge in [-0.05, 0) is 72.9 Å². The molecule has 3 aliphatic heterocycles. The number of pyridine rings is 3. The molecule has 2 aromatic carbocycles. The summed E-state index contributed by atoms with van der Waals surface area (Å²) in [7, 11) is 2.08. The van der Waals surface area contributed by atoms with Gasteiger partial charge >= 0.3 is 0 Å². The number of rotatable bonds is 10. The van der Waals surface area contributed by atoms with Crippen LogP contribution >= 0.6 is 0 Å². The minimum Gasteiger partial charge on any atom is -0.489 e. The second kappa shape index (κ2) is 15.3. The summed E-state index contributed by atoms with van der Waals surface area (Å²) in [6.45, 7) is 6.02. The lowest BCUT2D eigenvalue weighted by molar-refractivity contribution is -0.125. The SMILES string of the molecule is C=C1CCC(N2C(=O)c3ccc(OC4CN(CCC#Cc5ccc(OC6CC(Oc7ccc(-c8ccc9c%10cnccc%10n(C)c9c8)cn7)C6)cn5)C4)cc3C2=O)C(=O)N1. The Kier molecular flexibility index (Phi) is 9.49. The van der Waals surface area contributed by atoms with Crippen molar-refractivity contribution in [3.63, 3.8) is 0 Å². The number of fused-ring (bicyclic) bond motifs is 4. The lowest BCUT2D eigenvalue weighted by Gasteiger charge is -2.38. The molecule has 1 unspecified atom stereocenters. The van der Waals surface area contributed by atoms with Gasteiger partial charge in [0, 0.05) is 98.2 Å². The van der Waals surface area contributed by atoms with Gasteiger partial charge in [-0.2, -0.15) is 0 Å². The Hall–Kier alpha value is -7.04. The van der Waals surface area contributed by atoms with Crippen LogP contribution in [0, 0.1) is 11.8 Å². The van der Waals surface area contributed by atoms with Crippen molar-refractivity contribution in [1.29, 1.82) is 0 Å². The third-order valence-corrected chi connectivity index (χ3v) is 11.8. The van der Waals surface area contributed by atoms with Crippen LogP contribution in [0.3, 0.4) is 0 Å². The van der Waals surface area contributed by atoms with Crippen molar-refractivity contribution in [3.8, 4) is 40.3 Å². The summed E-state index contributed by atoms with van der Waals surface area (Å²) in [6, 6.07) is 20.3. The number of nitrogens with zero attached hydrogens (tertiary/aromatic N) is 6. The predicted octanol–water partition coefficient (Wildman–Crippen LogP) is 6.07. The molecule has 3 amide bonds. The van der Waals surface area contributed by atoms with Crippen molar-refractivity contribution in [2.24, 2.45) is 7.05 Å². The second-order valence-electron chi connectivity index (χ2n) is 15.8. The van der Waals surface area contributed by atoms with E-state index in [-0.39, 0.29) is 35.3 Å². The highest BCUT2D eigenvalue weighted by molar-refractivity contribution is 6.23. The van der Waals surface area contributed by atoms with E-state index in [1.807, 2.05) is 42.9 Å². The summed E-state index contributed by atoms with van der Waals surface area (Å²) in [5.41, 5.74) is 6.26. The van der Waals surface area contributed by atoms with Crippen LogP contribution in [-0.2, 0) is 11.8 Å². The predicted molar refractivity (Wildman–Crippen MR) is 223 cm³/mol. The number of imide groups is 1. The van der Waals surface area contributed by atoms with Crippen LogP contribution in [0.4, 0.5) is 0 Å². The van der Waals surface area contributed by atoms with Gasteiger partial charge in [-0.15, -0.1) is 0 Å². The number of benzene rings is 2. The molecule has 13 heteroatoms. The number of amides is 3. The number of allylic oxidation sites excluding steroid dienone is 1. The largest absolute Gasteiger partial charge is 0.489 e. The van der Waals surface area contributed by atoms with Crippen molar-refractivity contribution in [1.82, 2.24) is 34.6 Å². The summed E-state index contributed by atoms with van der Waals surface area (Å²) in [4.78, 5) is 55.4.